The third kappa shape index (κ3) is 41.1. The molecule has 0 aliphatic rings. The zero-order chi connectivity index (χ0) is 41.4. The van der Waals surface area contributed by atoms with Crippen LogP contribution in [0.25, 0.3) is 0 Å². The van der Waals surface area contributed by atoms with Gasteiger partial charge in [-0.05, 0) is 83.1 Å². The van der Waals surface area contributed by atoms with E-state index < -0.39 is 26.0 Å². The van der Waals surface area contributed by atoms with E-state index >= 15 is 0 Å². The number of nitrogens with zero attached hydrogens (tertiary/aromatic N) is 1. The second-order valence-corrected chi connectivity index (χ2v) is 16.6. The first-order chi connectivity index (χ1) is 27.0. The van der Waals surface area contributed by atoms with Crippen molar-refractivity contribution < 1.29 is 42.4 Å². The molecule has 0 heterocycles. The van der Waals surface area contributed by atoms with Crippen LogP contribution in [0.1, 0.15) is 142 Å². The lowest BCUT2D eigenvalue weighted by Gasteiger charge is -2.28. The average molecular weight is 806 g/mol. The van der Waals surface area contributed by atoms with Crippen molar-refractivity contribution in [2.45, 2.75) is 154 Å². The van der Waals surface area contributed by atoms with Crippen LogP contribution in [0.5, 0.6) is 0 Å². The number of phosphoric acid groups is 1. The minimum atomic E-state index is -4.58. The number of ether oxygens (including phenoxy) is 2. The largest absolute Gasteiger partial charge is 0.756 e. The van der Waals surface area contributed by atoms with Crippen LogP contribution < -0.4 is 4.89 Å². The summed E-state index contributed by atoms with van der Waals surface area (Å²) in [6.45, 7) is 4.42. The van der Waals surface area contributed by atoms with E-state index in [0.717, 1.165) is 32.1 Å². The van der Waals surface area contributed by atoms with E-state index in [1.54, 1.807) is 12.3 Å². The van der Waals surface area contributed by atoms with Crippen molar-refractivity contribution in [2.24, 2.45) is 0 Å². The van der Waals surface area contributed by atoms with Crippen molar-refractivity contribution in [1.82, 2.24) is 0 Å². The number of aliphatic hydroxyl groups excluding tert-OH is 1. The van der Waals surface area contributed by atoms with Gasteiger partial charge in [0.25, 0.3) is 7.82 Å². The van der Waals surface area contributed by atoms with Gasteiger partial charge in [-0.2, -0.15) is 0 Å². The molecule has 1 N–H and O–H groups in total. The number of rotatable bonds is 38. The first-order valence-corrected chi connectivity index (χ1v) is 22.9. The second kappa shape index (κ2) is 38.0. The van der Waals surface area contributed by atoms with Crippen LogP contribution in [-0.2, 0) is 27.9 Å². The minimum Gasteiger partial charge on any atom is -0.756 e. The molecule has 0 radical (unpaired) electrons. The Kier molecular flexibility index (Phi) is 36.3. The molecule has 0 aromatic heterocycles. The highest BCUT2D eigenvalue weighted by atomic mass is 31.2. The first-order valence-electron chi connectivity index (χ1n) is 21.5. The molecule has 0 amide bonds. The molecule has 56 heavy (non-hydrogen) atoms. The van der Waals surface area contributed by atoms with Crippen LogP contribution in [0.3, 0.4) is 0 Å². The van der Waals surface area contributed by atoms with E-state index in [-0.39, 0.29) is 26.2 Å². The minimum absolute atomic E-state index is 0.0108. The number of aliphatic hydroxyl groups is 1. The van der Waals surface area contributed by atoms with Gasteiger partial charge in [0.2, 0.25) is 0 Å². The topological polar surface area (TPSA) is 114 Å². The van der Waals surface area contributed by atoms with Crippen molar-refractivity contribution in [3.8, 4) is 0 Å². The van der Waals surface area contributed by atoms with Gasteiger partial charge in [0.1, 0.15) is 19.8 Å². The molecule has 9 nitrogen and oxygen atoms in total. The summed E-state index contributed by atoms with van der Waals surface area (Å²) in [5, 5.41) is 10.0. The summed E-state index contributed by atoms with van der Waals surface area (Å²) >= 11 is 0. The highest BCUT2D eigenvalue weighted by Crippen LogP contribution is 2.38. The lowest BCUT2D eigenvalue weighted by Crippen LogP contribution is -2.37. The Morgan fingerprint density at radius 3 is 1.96 bits per heavy atom. The lowest BCUT2D eigenvalue weighted by atomic mass is 10.1. The molecule has 0 aliphatic carbocycles. The summed E-state index contributed by atoms with van der Waals surface area (Å²) in [6, 6.07) is 0. The number of hydrogen-bond acceptors (Lipinski definition) is 8. The van der Waals surface area contributed by atoms with Crippen LogP contribution in [0.4, 0.5) is 0 Å². The normalized spacial score (nSPS) is 15.1. The third-order valence-corrected chi connectivity index (χ3v) is 9.54. The van der Waals surface area contributed by atoms with Crippen molar-refractivity contribution in [3.05, 3.63) is 85.3 Å². The van der Waals surface area contributed by atoms with Crippen molar-refractivity contribution in [3.63, 3.8) is 0 Å². The van der Waals surface area contributed by atoms with Crippen molar-refractivity contribution in [2.75, 3.05) is 47.5 Å². The quantitative estimate of drug-likeness (QED) is 0.0125. The second-order valence-electron chi connectivity index (χ2n) is 15.2. The Balaban J connectivity index is 4.50. The van der Waals surface area contributed by atoms with Gasteiger partial charge < -0.3 is 33.0 Å². The van der Waals surface area contributed by atoms with Crippen LogP contribution in [-0.4, -0.2) is 75.3 Å². The zero-order valence-electron chi connectivity index (χ0n) is 35.9. The van der Waals surface area contributed by atoms with E-state index in [1.165, 1.54) is 70.6 Å². The standard InChI is InChI=1S/C46H80NO8P/c1-6-8-10-12-14-15-16-17-18-19-20-21-24-27-31-35-40-52-42-45(43-54-56(50,51)53-41-39-47(3,4)5)55-46(49)38-34-30-26-23-22-25-29-33-37-44(48)36-32-28-13-11-9-7-2/h9,11,15-16,23,25-26,28-29,32-33,35,37,40,44-45,48H,6-8,10,12-14,17-22,24,27,30-31,34,36,38-39,41-43H2,1-5H3/b11-9-,16-15-,26-23-,29-25-,32-28-,37-33+,40-35+/t44?,45-/m1/s1. The molecule has 0 rings (SSSR count). The molecule has 0 saturated heterocycles. The predicted octanol–water partition coefficient (Wildman–Crippen LogP) is 11.2. The number of allylic oxidation sites excluding steroid dienone is 11. The van der Waals surface area contributed by atoms with Crippen LogP contribution in [0, 0.1) is 0 Å². The molecular formula is C46H80NO8P. The fourth-order valence-corrected chi connectivity index (χ4v) is 5.94. The van der Waals surface area contributed by atoms with Crippen LogP contribution >= 0.6 is 7.82 Å². The zero-order valence-corrected chi connectivity index (χ0v) is 36.8. The molecule has 0 spiro atoms. The Labute approximate surface area is 342 Å². The predicted molar refractivity (Wildman–Crippen MR) is 232 cm³/mol. The number of quaternary nitrogens is 1. The average Bonchev–Trinajstić information content (AvgIpc) is 3.14. The van der Waals surface area contributed by atoms with E-state index in [1.807, 2.05) is 63.7 Å². The van der Waals surface area contributed by atoms with E-state index in [4.69, 9.17) is 18.5 Å². The van der Waals surface area contributed by atoms with Gasteiger partial charge >= 0.3 is 5.97 Å². The van der Waals surface area contributed by atoms with Crippen LogP contribution in [0.15, 0.2) is 85.3 Å². The van der Waals surface area contributed by atoms with Gasteiger partial charge in [0, 0.05) is 6.42 Å². The Morgan fingerprint density at radius 2 is 1.29 bits per heavy atom. The van der Waals surface area contributed by atoms with Gasteiger partial charge in [-0.1, -0.05) is 132 Å². The molecule has 0 fully saturated rings. The SMILES string of the molecule is CC/C=C\C/C=C\CC(O)/C=C/C=C\C/C=C\CCCC(=O)O[C@H](CO/C=C/CCCCCCCC/C=C\CCCCCC)COP(=O)([O-])OCC[N+](C)(C)C. The molecule has 3 atom stereocenters. The monoisotopic (exact) mass is 806 g/mol. The number of phosphoric ester groups is 1. The van der Waals surface area contributed by atoms with Gasteiger partial charge in [-0.15, -0.1) is 0 Å². The Morgan fingerprint density at radius 1 is 0.696 bits per heavy atom. The molecule has 10 heteroatoms. The molecular weight excluding hydrogens is 725 g/mol. The molecule has 0 aromatic rings. The van der Waals surface area contributed by atoms with Gasteiger partial charge in [-0.3, -0.25) is 9.36 Å². The maximum atomic E-state index is 12.6. The van der Waals surface area contributed by atoms with Crippen molar-refractivity contribution >= 4 is 13.8 Å². The fraction of sp³-hybridized carbons (Fsp3) is 0.674. The molecule has 0 aromatic carbocycles. The van der Waals surface area contributed by atoms with Crippen molar-refractivity contribution in [1.29, 1.82) is 0 Å². The third-order valence-electron chi connectivity index (χ3n) is 8.58. The summed E-state index contributed by atoms with van der Waals surface area (Å²) in [7, 11) is 1.23. The summed E-state index contributed by atoms with van der Waals surface area (Å²) in [5.74, 6) is -0.444. The van der Waals surface area contributed by atoms with E-state index in [0.29, 0.717) is 30.3 Å². The number of carbonyl (C=O) groups excluding carboxylic acids is 1. The summed E-state index contributed by atoms with van der Waals surface area (Å²) in [6.07, 6.45) is 47.2. The molecule has 0 bridgehead atoms. The smallest absolute Gasteiger partial charge is 0.306 e. The fourth-order valence-electron chi connectivity index (χ4n) is 5.21. The van der Waals surface area contributed by atoms with Crippen LogP contribution in [0.2, 0.25) is 0 Å². The Bertz CT molecular complexity index is 1180. The highest BCUT2D eigenvalue weighted by Gasteiger charge is 2.20. The number of carbonyl (C=O) groups is 1. The van der Waals surface area contributed by atoms with E-state index in [2.05, 4.69) is 44.2 Å². The highest BCUT2D eigenvalue weighted by molar-refractivity contribution is 7.45. The maximum absolute atomic E-state index is 12.6. The molecule has 322 valence electrons. The van der Waals surface area contributed by atoms with E-state index in [9.17, 15) is 19.4 Å². The first kappa shape index (κ1) is 53.5. The molecule has 0 aliphatic heterocycles. The summed E-state index contributed by atoms with van der Waals surface area (Å²) in [4.78, 5) is 25.0. The van der Waals surface area contributed by atoms with Gasteiger partial charge in [0.05, 0.1) is 40.1 Å². The number of hydrogen-bond donors (Lipinski definition) is 1. The number of esters is 1. The van der Waals surface area contributed by atoms with Gasteiger partial charge in [-0.25, -0.2) is 0 Å². The summed E-state index contributed by atoms with van der Waals surface area (Å²) in [5.41, 5.74) is 0. The summed E-state index contributed by atoms with van der Waals surface area (Å²) < 4.78 is 34.2. The lowest BCUT2D eigenvalue weighted by molar-refractivity contribution is -0.870. The van der Waals surface area contributed by atoms with Gasteiger partial charge in [0.15, 0.2) is 6.10 Å². The Hall–Kier alpha value is -2.52. The molecule has 0 saturated carbocycles. The maximum Gasteiger partial charge on any atom is 0.306 e. The number of likely N-dealkylation sites (N-methyl/N-ethyl adjacent to an activating group) is 1. The number of unbranched alkanes of at least 4 members (excludes halogenated alkanes) is 12. The molecule has 2 unspecified atom stereocenters.